The summed E-state index contributed by atoms with van der Waals surface area (Å²) in [4.78, 5) is 19.1. The van der Waals surface area contributed by atoms with Crippen LogP contribution in [0, 0.1) is 0 Å². The summed E-state index contributed by atoms with van der Waals surface area (Å²) in [5, 5.41) is 15.6. The van der Waals surface area contributed by atoms with Gasteiger partial charge in [0.1, 0.15) is 0 Å². The van der Waals surface area contributed by atoms with Gasteiger partial charge in [-0.3, -0.25) is 0 Å². The zero-order chi connectivity index (χ0) is 9.98. The maximum Gasteiger partial charge on any atom is 0.328 e. The van der Waals surface area contributed by atoms with Crippen molar-refractivity contribution in [1.82, 2.24) is 0 Å². The van der Waals surface area contributed by atoms with Crippen LogP contribution >= 0.6 is 0 Å². The number of aliphatic carboxylic acids is 2. The first-order valence-electron chi connectivity index (χ1n) is 2.82. The summed E-state index contributed by atoms with van der Waals surface area (Å²) >= 11 is 0. The lowest BCUT2D eigenvalue weighted by Crippen LogP contribution is -1.91. The third kappa shape index (κ3) is 24.1. The number of hydrogen-bond acceptors (Lipinski definition) is 3. The van der Waals surface area contributed by atoms with Crippen molar-refractivity contribution in [2.75, 3.05) is 7.11 Å². The van der Waals surface area contributed by atoms with Gasteiger partial charge in [-0.15, -0.1) is 0 Å². The lowest BCUT2D eigenvalue weighted by molar-refractivity contribution is -0.134. The first-order valence-corrected chi connectivity index (χ1v) is 2.82. The van der Waals surface area contributed by atoms with Crippen LogP contribution in [0.2, 0.25) is 0 Å². The predicted molar refractivity (Wildman–Crippen MR) is 41.6 cm³/mol. The smallest absolute Gasteiger partial charge is 0.328 e. The van der Waals surface area contributed by atoms with Gasteiger partial charge in [-0.25, -0.2) is 9.59 Å². The van der Waals surface area contributed by atoms with E-state index in [0.717, 1.165) is 0 Å². The minimum atomic E-state index is -1.26. The van der Waals surface area contributed by atoms with Crippen LogP contribution in [0.25, 0.3) is 0 Å². The molecule has 0 saturated carbocycles. The first-order chi connectivity index (χ1) is 5.54. The normalized spacial score (nSPS) is 8.08. The maximum absolute atomic E-state index is 9.55. The van der Waals surface area contributed by atoms with E-state index in [1.54, 1.807) is 7.11 Å². The monoisotopic (exact) mass is 174 g/mol. The lowest BCUT2D eigenvalue weighted by Gasteiger charge is -1.74. The predicted octanol–water partition coefficient (Wildman–Crippen LogP) is 0.488. The number of methoxy groups -OCH3 is 1. The van der Waals surface area contributed by atoms with Crippen LogP contribution in [0.3, 0.4) is 0 Å². The minimum Gasteiger partial charge on any atom is -0.505 e. The largest absolute Gasteiger partial charge is 0.505 e. The molecule has 0 heterocycles. The molecular formula is C7H10O5. The van der Waals surface area contributed by atoms with Gasteiger partial charge in [-0.1, -0.05) is 6.58 Å². The number of carboxylic acid groups (broad SMARTS) is 2. The van der Waals surface area contributed by atoms with Crippen LogP contribution < -0.4 is 0 Å². The Morgan fingerprint density at radius 3 is 1.58 bits per heavy atom. The number of hydrogen-bond donors (Lipinski definition) is 2. The topological polar surface area (TPSA) is 83.8 Å². The van der Waals surface area contributed by atoms with E-state index >= 15 is 0 Å². The summed E-state index contributed by atoms with van der Waals surface area (Å²) in [6.07, 6.45) is 2.49. The molecular weight excluding hydrogens is 164 g/mol. The minimum absolute atomic E-state index is 0.558. The molecule has 68 valence electrons. The Kier molecular flexibility index (Phi) is 9.88. The van der Waals surface area contributed by atoms with Crippen LogP contribution in [-0.2, 0) is 14.3 Å². The van der Waals surface area contributed by atoms with E-state index in [9.17, 15) is 9.59 Å². The van der Waals surface area contributed by atoms with Gasteiger partial charge in [0.15, 0.2) is 0 Å². The average Bonchev–Trinajstić information content (AvgIpc) is 2.01. The summed E-state index contributed by atoms with van der Waals surface area (Å²) in [5.41, 5.74) is 0. The van der Waals surface area contributed by atoms with E-state index in [2.05, 4.69) is 11.3 Å². The zero-order valence-corrected chi connectivity index (χ0v) is 6.56. The molecule has 0 aliphatic carbocycles. The lowest BCUT2D eigenvalue weighted by atomic mass is 10.5. The molecule has 0 unspecified atom stereocenters. The van der Waals surface area contributed by atoms with Crippen molar-refractivity contribution in [2.24, 2.45) is 0 Å². The Bertz CT molecular complexity index is 166. The fourth-order valence-electron chi connectivity index (χ4n) is 0.143. The summed E-state index contributed by atoms with van der Waals surface area (Å²) in [5.74, 6) is -2.51. The summed E-state index contributed by atoms with van der Waals surface area (Å²) < 4.78 is 4.31. The van der Waals surface area contributed by atoms with E-state index in [1.165, 1.54) is 6.26 Å². The van der Waals surface area contributed by atoms with Crippen LogP contribution in [0.15, 0.2) is 25.0 Å². The highest BCUT2D eigenvalue weighted by atomic mass is 16.5. The number of ether oxygens (including phenoxy) is 1. The van der Waals surface area contributed by atoms with E-state index in [1.807, 2.05) is 0 Å². The quantitative estimate of drug-likeness (QED) is 0.480. The number of rotatable bonds is 3. The van der Waals surface area contributed by atoms with Crippen LogP contribution in [-0.4, -0.2) is 29.3 Å². The van der Waals surface area contributed by atoms with E-state index in [4.69, 9.17) is 10.2 Å². The highest BCUT2D eigenvalue weighted by molar-refractivity contribution is 5.89. The molecule has 0 fully saturated rings. The van der Waals surface area contributed by atoms with Crippen molar-refractivity contribution in [2.45, 2.75) is 0 Å². The second-order valence-corrected chi connectivity index (χ2v) is 1.41. The second-order valence-electron chi connectivity index (χ2n) is 1.41. The van der Waals surface area contributed by atoms with Crippen LogP contribution in [0.1, 0.15) is 0 Å². The van der Waals surface area contributed by atoms with E-state index in [0.29, 0.717) is 12.2 Å². The van der Waals surface area contributed by atoms with Crippen molar-refractivity contribution in [3.8, 4) is 0 Å². The molecule has 0 atom stereocenters. The SMILES string of the molecule is C=COC.O=C(O)C=CC(=O)O. The van der Waals surface area contributed by atoms with Crippen molar-refractivity contribution >= 4 is 11.9 Å². The Labute approximate surface area is 69.6 Å². The molecule has 0 saturated heterocycles. The fourth-order valence-corrected chi connectivity index (χ4v) is 0.143. The summed E-state index contributed by atoms with van der Waals surface area (Å²) in [6, 6.07) is 0. The molecule has 0 aromatic carbocycles. The molecule has 0 aromatic heterocycles. The van der Waals surface area contributed by atoms with E-state index in [-0.39, 0.29) is 0 Å². The first kappa shape index (κ1) is 12.9. The van der Waals surface area contributed by atoms with Gasteiger partial charge in [0.05, 0.1) is 13.4 Å². The summed E-state index contributed by atoms with van der Waals surface area (Å²) in [7, 11) is 1.56. The molecule has 0 rings (SSSR count). The highest BCUT2D eigenvalue weighted by Crippen LogP contribution is 1.70. The summed E-state index contributed by atoms with van der Waals surface area (Å²) in [6.45, 7) is 3.26. The maximum atomic E-state index is 9.55. The Morgan fingerprint density at radius 2 is 1.50 bits per heavy atom. The van der Waals surface area contributed by atoms with E-state index < -0.39 is 11.9 Å². The van der Waals surface area contributed by atoms with Crippen LogP contribution in [0.4, 0.5) is 0 Å². The van der Waals surface area contributed by atoms with Crippen molar-refractivity contribution in [3.05, 3.63) is 25.0 Å². The molecule has 12 heavy (non-hydrogen) atoms. The molecule has 0 radical (unpaired) electrons. The van der Waals surface area contributed by atoms with Gasteiger partial charge in [-0.2, -0.15) is 0 Å². The highest BCUT2D eigenvalue weighted by Gasteiger charge is 1.88. The molecule has 5 heteroatoms. The standard InChI is InChI=1S/C4H4O4.C3H6O/c5-3(6)1-2-4(7)8;1-3-4-2/h1-2H,(H,5,6)(H,7,8);3H,1H2,2H3. The van der Waals surface area contributed by atoms with Crippen LogP contribution in [0.5, 0.6) is 0 Å². The van der Waals surface area contributed by atoms with Gasteiger partial charge in [-0.05, 0) is 0 Å². The Morgan fingerprint density at radius 1 is 1.25 bits per heavy atom. The average molecular weight is 174 g/mol. The Balaban J connectivity index is 0. The number of carbonyl (C=O) groups is 2. The molecule has 0 aromatic rings. The van der Waals surface area contributed by atoms with Crippen molar-refractivity contribution in [3.63, 3.8) is 0 Å². The van der Waals surface area contributed by atoms with Crippen molar-refractivity contribution in [1.29, 1.82) is 0 Å². The van der Waals surface area contributed by atoms with Gasteiger partial charge in [0.2, 0.25) is 0 Å². The molecule has 0 aliphatic rings. The van der Waals surface area contributed by atoms with Crippen molar-refractivity contribution < 1.29 is 24.5 Å². The van der Waals surface area contributed by atoms with Gasteiger partial charge >= 0.3 is 11.9 Å². The molecule has 0 aliphatic heterocycles. The third-order valence-electron chi connectivity index (χ3n) is 0.535. The molecule has 0 bridgehead atoms. The Hall–Kier alpha value is -1.78. The van der Waals surface area contributed by atoms with Gasteiger partial charge in [0, 0.05) is 12.2 Å². The molecule has 2 N–H and O–H groups in total. The number of carboxylic acids is 2. The fraction of sp³-hybridized carbons (Fsp3) is 0.143. The molecule has 5 nitrogen and oxygen atoms in total. The molecule has 0 amide bonds. The second kappa shape index (κ2) is 9.22. The van der Waals surface area contributed by atoms with Gasteiger partial charge < -0.3 is 14.9 Å². The molecule has 0 spiro atoms. The third-order valence-corrected chi connectivity index (χ3v) is 0.535. The zero-order valence-electron chi connectivity index (χ0n) is 6.56. The van der Waals surface area contributed by atoms with Gasteiger partial charge in [0.25, 0.3) is 0 Å².